The zero-order valence-electron chi connectivity index (χ0n) is 13.4. The van der Waals surface area contributed by atoms with Gasteiger partial charge < -0.3 is 10.2 Å². The molecule has 2 aromatic rings. The molecule has 1 unspecified atom stereocenters. The molecule has 1 amide bonds. The van der Waals surface area contributed by atoms with Crippen LogP contribution in [0.25, 0.3) is 5.69 Å². The average Bonchev–Trinajstić information content (AvgIpc) is 3.24. The predicted molar refractivity (Wildman–Crippen MR) is 88.2 cm³/mol. The van der Waals surface area contributed by atoms with Gasteiger partial charge in [0.05, 0.1) is 10.6 Å². The minimum atomic E-state index is -0.448. The summed E-state index contributed by atoms with van der Waals surface area (Å²) in [6.45, 7) is 2.39. The number of rotatable bonds is 5. The van der Waals surface area contributed by atoms with Crippen LogP contribution in [0.5, 0.6) is 0 Å². The van der Waals surface area contributed by atoms with Gasteiger partial charge in [0.1, 0.15) is 0 Å². The topological polar surface area (TPSA) is 93.3 Å². The molecule has 126 valence electrons. The van der Waals surface area contributed by atoms with E-state index in [0.29, 0.717) is 17.3 Å². The Hall–Kier alpha value is -2.74. The first-order valence-electron chi connectivity index (χ1n) is 7.83. The first-order valence-corrected chi connectivity index (χ1v) is 7.83. The van der Waals surface area contributed by atoms with Gasteiger partial charge in [0.15, 0.2) is 5.69 Å². The van der Waals surface area contributed by atoms with Gasteiger partial charge in [0.2, 0.25) is 0 Å². The van der Waals surface area contributed by atoms with E-state index in [1.807, 2.05) is 11.9 Å². The quantitative estimate of drug-likeness (QED) is 0.662. The van der Waals surface area contributed by atoms with E-state index < -0.39 is 4.92 Å². The zero-order valence-corrected chi connectivity index (χ0v) is 13.4. The minimum absolute atomic E-state index is 0.0230. The smallest absolute Gasteiger partial charge is 0.274 e. The summed E-state index contributed by atoms with van der Waals surface area (Å²) in [5.41, 5.74) is 1.09. The standard InChI is InChI=1S/C16H19N5O3/c1-17-10-12-6-8-19(11-12)16(22)15-7-9-20(18-15)13-2-4-14(5-3-13)21(23)24/h2-5,7,9,12,17H,6,8,10-11H2,1H3. The number of carbonyl (C=O) groups excluding carboxylic acids is 1. The second-order valence-corrected chi connectivity index (χ2v) is 5.88. The Morgan fingerprint density at radius 1 is 1.38 bits per heavy atom. The maximum Gasteiger partial charge on any atom is 0.274 e. The van der Waals surface area contributed by atoms with Crippen molar-refractivity contribution in [1.29, 1.82) is 0 Å². The van der Waals surface area contributed by atoms with E-state index in [0.717, 1.165) is 26.1 Å². The van der Waals surface area contributed by atoms with E-state index in [9.17, 15) is 14.9 Å². The lowest BCUT2D eigenvalue weighted by Crippen LogP contribution is -2.30. The average molecular weight is 329 g/mol. The van der Waals surface area contributed by atoms with Gasteiger partial charge in [-0.2, -0.15) is 5.10 Å². The van der Waals surface area contributed by atoms with Crippen molar-refractivity contribution in [2.45, 2.75) is 6.42 Å². The van der Waals surface area contributed by atoms with Crippen LogP contribution in [-0.4, -0.2) is 52.2 Å². The number of nitrogens with one attached hydrogen (secondary N) is 1. The molecule has 1 N–H and O–H groups in total. The fraction of sp³-hybridized carbons (Fsp3) is 0.375. The number of likely N-dealkylation sites (tertiary alicyclic amines) is 1. The van der Waals surface area contributed by atoms with Crippen LogP contribution < -0.4 is 5.32 Å². The Labute approximate surface area is 139 Å². The van der Waals surface area contributed by atoms with Crippen molar-refractivity contribution in [2.24, 2.45) is 5.92 Å². The van der Waals surface area contributed by atoms with Crippen molar-refractivity contribution in [3.63, 3.8) is 0 Å². The summed E-state index contributed by atoms with van der Waals surface area (Å²) in [4.78, 5) is 24.6. The van der Waals surface area contributed by atoms with Crippen molar-refractivity contribution in [1.82, 2.24) is 20.0 Å². The normalized spacial score (nSPS) is 17.2. The third kappa shape index (κ3) is 3.28. The SMILES string of the molecule is CNCC1CCN(C(=O)c2ccn(-c3ccc([N+](=O)[O-])cc3)n2)C1. The fourth-order valence-corrected chi connectivity index (χ4v) is 2.94. The first kappa shape index (κ1) is 16.1. The number of carbonyl (C=O) groups is 1. The molecular weight excluding hydrogens is 310 g/mol. The summed E-state index contributed by atoms with van der Waals surface area (Å²) in [5.74, 6) is 0.407. The Morgan fingerprint density at radius 3 is 2.79 bits per heavy atom. The van der Waals surface area contributed by atoms with Crippen LogP contribution in [0.1, 0.15) is 16.9 Å². The van der Waals surface area contributed by atoms with Crippen LogP contribution in [0.3, 0.4) is 0 Å². The van der Waals surface area contributed by atoms with E-state index in [2.05, 4.69) is 10.4 Å². The maximum absolute atomic E-state index is 12.5. The van der Waals surface area contributed by atoms with Crippen molar-refractivity contribution in [2.75, 3.05) is 26.7 Å². The molecule has 1 aliphatic rings. The highest BCUT2D eigenvalue weighted by molar-refractivity contribution is 5.92. The highest BCUT2D eigenvalue weighted by Crippen LogP contribution is 2.19. The predicted octanol–water partition coefficient (Wildman–Crippen LogP) is 1.46. The number of hydrogen-bond donors (Lipinski definition) is 1. The molecule has 0 saturated carbocycles. The molecule has 0 aliphatic carbocycles. The van der Waals surface area contributed by atoms with Gasteiger partial charge in [-0.3, -0.25) is 14.9 Å². The van der Waals surface area contributed by atoms with Crippen LogP contribution in [0, 0.1) is 16.0 Å². The van der Waals surface area contributed by atoms with Gasteiger partial charge in [-0.25, -0.2) is 4.68 Å². The monoisotopic (exact) mass is 329 g/mol. The number of aromatic nitrogens is 2. The summed E-state index contributed by atoms with van der Waals surface area (Å²) < 4.78 is 1.55. The van der Waals surface area contributed by atoms with Gasteiger partial charge in [-0.1, -0.05) is 0 Å². The summed E-state index contributed by atoms with van der Waals surface area (Å²) >= 11 is 0. The minimum Gasteiger partial charge on any atom is -0.337 e. The molecule has 3 rings (SSSR count). The second-order valence-electron chi connectivity index (χ2n) is 5.88. The van der Waals surface area contributed by atoms with Crippen molar-refractivity contribution < 1.29 is 9.72 Å². The fourth-order valence-electron chi connectivity index (χ4n) is 2.94. The van der Waals surface area contributed by atoms with E-state index in [-0.39, 0.29) is 11.6 Å². The van der Waals surface area contributed by atoms with Crippen LogP contribution in [-0.2, 0) is 0 Å². The highest BCUT2D eigenvalue weighted by atomic mass is 16.6. The summed E-state index contributed by atoms with van der Waals surface area (Å²) in [6.07, 6.45) is 2.69. The van der Waals surface area contributed by atoms with Gasteiger partial charge in [-0.15, -0.1) is 0 Å². The third-order valence-electron chi connectivity index (χ3n) is 4.20. The Bertz CT molecular complexity index is 740. The summed E-state index contributed by atoms with van der Waals surface area (Å²) in [5, 5.41) is 18.1. The summed E-state index contributed by atoms with van der Waals surface area (Å²) in [7, 11) is 1.91. The number of benzene rings is 1. The number of non-ortho nitro benzene ring substituents is 1. The largest absolute Gasteiger partial charge is 0.337 e. The number of nitro groups is 1. The number of hydrogen-bond acceptors (Lipinski definition) is 5. The molecule has 2 heterocycles. The molecule has 8 heteroatoms. The van der Waals surface area contributed by atoms with Crippen LogP contribution in [0.15, 0.2) is 36.5 Å². The second kappa shape index (κ2) is 6.79. The molecule has 1 saturated heterocycles. The lowest BCUT2D eigenvalue weighted by atomic mass is 10.1. The molecule has 24 heavy (non-hydrogen) atoms. The van der Waals surface area contributed by atoms with Crippen molar-refractivity contribution in [3.8, 4) is 5.69 Å². The Balaban J connectivity index is 1.71. The molecule has 1 aromatic carbocycles. The molecule has 1 fully saturated rings. The molecular formula is C16H19N5O3. The van der Waals surface area contributed by atoms with E-state index in [1.54, 1.807) is 29.1 Å². The van der Waals surface area contributed by atoms with Gasteiger partial charge in [0, 0.05) is 31.4 Å². The molecule has 1 atom stereocenters. The molecule has 1 aliphatic heterocycles. The van der Waals surface area contributed by atoms with Crippen LogP contribution in [0.4, 0.5) is 5.69 Å². The van der Waals surface area contributed by atoms with Crippen molar-refractivity contribution in [3.05, 3.63) is 52.3 Å². The molecule has 0 radical (unpaired) electrons. The van der Waals surface area contributed by atoms with E-state index in [1.165, 1.54) is 12.1 Å². The molecule has 0 bridgehead atoms. The first-order chi connectivity index (χ1) is 11.6. The maximum atomic E-state index is 12.5. The summed E-state index contributed by atoms with van der Waals surface area (Å²) in [6, 6.07) is 7.73. The van der Waals surface area contributed by atoms with Crippen molar-refractivity contribution >= 4 is 11.6 Å². The molecule has 8 nitrogen and oxygen atoms in total. The highest BCUT2D eigenvalue weighted by Gasteiger charge is 2.27. The number of nitrogens with zero attached hydrogens (tertiary/aromatic N) is 4. The Kier molecular flexibility index (Phi) is 4.57. The number of amides is 1. The van der Waals surface area contributed by atoms with E-state index in [4.69, 9.17) is 0 Å². The van der Waals surface area contributed by atoms with E-state index >= 15 is 0 Å². The molecule has 1 aromatic heterocycles. The third-order valence-corrected chi connectivity index (χ3v) is 4.20. The van der Waals surface area contributed by atoms with Gasteiger partial charge in [-0.05, 0) is 44.1 Å². The molecule has 0 spiro atoms. The van der Waals surface area contributed by atoms with Crippen LogP contribution in [0.2, 0.25) is 0 Å². The van der Waals surface area contributed by atoms with Gasteiger partial charge >= 0.3 is 0 Å². The number of nitro benzene ring substituents is 1. The zero-order chi connectivity index (χ0) is 17.1. The van der Waals surface area contributed by atoms with Gasteiger partial charge in [0.25, 0.3) is 11.6 Å². The van der Waals surface area contributed by atoms with Crippen LogP contribution >= 0.6 is 0 Å². The Morgan fingerprint density at radius 2 is 2.12 bits per heavy atom. The lowest BCUT2D eigenvalue weighted by Gasteiger charge is -2.15. The lowest BCUT2D eigenvalue weighted by molar-refractivity contribution is -0.384.